The molecule has 0 aliphatic carbocycles. The Morgan fingerprint density at radius 1 is 1.29 bits per heavy atom. The van der Waals surface area contributed by atoms with Gasteiger partial charge in [0.25, 0.3) is 0 Å². The lowest BCUT2D eigenvalue weighted by Gasteiger charge is -2.13. The standard InChI is InChI=1S/C16H23N5O2S/c1-11-16(12(2)20(3)19-11)15-9-17-8-14(18-15)7-13-5-6-21(10-13)24(4,22)23/h8-9,13H,5-7,10H2,1-4H3/t13-/m0/s1. The summed E-state index contributed by atoms with van der Waals surface area (Å²) in [6, 6.07) is 0. The van der Waals surface area contributed by atoms with E-state index in [9.17, 15) is 8.42 Å². The van der Waals surface area contributed by atoms with Gasteiger partial charge in [0.1, 0.15) is 0 Å². The van der Waals surface area contributed by atoms with E-state index in [2.05, 4.69) is 10.1 Å². The third-order valence-electron chi connectivity index (χ3n) is 4.67. The summed E-state index contributed by atoms with van der Waals surface area (Å²) < 4.78 is 26.7. The Hall–Kier alpha value is -1.80. The van der Waals surface area contributed by atoms with Crippen LogP contribution in [0.15, 0.2) is 12.4 Å². The summed E-state index contributed by atoms with van der Waals surface area (Å²) >= 11 is 0. The molecule has 0 spiro atoms. The van der Waals surface area contributed by atoms with Crippen molar-refractivity contribution in [3.63, 3.8) is 0 Å². The second-order valence-electron chi connectivity index (χ2n) is 6.54. The van der Waals surface area contributed by atoms with Crippen molar-refractivity contribution >= 4 is 10.0 Å². The third kappa shape index (κ3) is 3.34. The Balaban J connectivity index is 1.80. The number of rotatable bonds is 4. The van der Waals surface area contributed by atoms with Crippen LogP contribution in [-0.4, -0.2) is 51.8 Å². The Morgan fingerprint density at radius 3 is 2.62 bits per heavy atom. The number of nitrogens with zero attached hydrogens (tertiary/aromatic N) is 5. The molecule has 130 valence electrons. The Morgan fingerprint density at radius 2 is 2.04 bits per heavy atom. The molecule has 0 amide bonds. The second-order valence-corrected chi connectivity index (χ2v) is 8.53. The lowest BCUT2D eigenvalue weighted by molar-refractivity contribution is 0.459. The highest BCUT2D eigenvalue weighted by Gasteiger charge is 2.29. The van der Waals surface area contributed by atoms with Crippen LogP contribution in [0.1, 0.15) is 23.5 Å². The lowest BCUT2D eigenvalue weighted by atomic mass is 10.0. The maximum atomic E-state index is 11.6. The molecule has 3 heterocycles. The predicted molar refractivity (Wildman–Crippen MR) is 91.9 cm³/mol. The van der Waals surface area contributed by atoms with Crippen molar-refractivity contribution in [1.82, 2.24) is 24.1 Å². The van der Waals surface area contributed by atoms with Crippen LogP contribution < -0.4 is 0 Å². The van der Waals surface area contributed by atoms with Gasteiger partial charge in [-0.05, 0) is 32.6 Å². The fourth-order valence-electron chi connectivity index (χ4n) is 3.33. The number of hydrogen-bond acceptors (Lipinski definition) is 5. The number of aromatic nitrogens is 4. The number of aryl methyl sites for hydroxylation is 2. The molecule has 0 unspecified atom stereocenters. The van der Waals surface area contributed by atoms with Gasteiger partial charge in [0.2, 0.25) is 10.0 Å². The average Bonchev–Trinajstić information content (AvgIpc) is 3.05. The minimum Gasteiger partial charge on any atom is -0.272 e. The van der Waals surface area contributed by atoms with E-state index in [1.54, 1.807) is 16.7 Å². The highest BCUT2D eigenvalue weighted by atomic mass is 32.2. The van der Waals surface area contributed by atoms with Crippen molar-refractivity contribution in [3.05, 3.63) is 29.5 Å². The highest BCUT2D eigenvalue weighted by Crippen LogP contribution is 2.26. The van der Waals surface area contributed by atoms with Crippen molar-refractivity contribution in [2.24, 2.45) is 13.0 Å². The van der Waals surface area contributed by atoms with E-state index in [1.807, 2.05) is 25.6 Å². The Bertz CT molecular complexity index is 859. The van der Waals surface area contributed by atoms with Gasteiger partial charge in [0, 0.05) is 37.6 Å². The summed E-state index contributed by atoms with van der Waals surface area (Å²) in [6.45, 7) is 5.15. The Kier molecular flexibility index (Phi) is 4.44. The van der Waals surface area contributed by atoms with E-state index < -0.39 is 10.0 Å². The largest absolute Gasteiger partial charge is 0.272 e. The summed E-state index contributed by atoms with van der Waals surface area (Å²) in [6.07, 6.45) is 6.41. The van der Waals surface area contributed by atoms with E-state index in [1.165, 1.54) is 6.26 Å². The first-order valence-electron chi connectivity index (χ1n) is 8.02. The Labute approximate surface area is 142 Å². The normalized spacial score (nSPS) is 19.1. The monoisotopic (exact) mass is 349 g/mol. The van der Waals surface area contributed by atoms with Gasteiger partial charge in [-0.3, -0.25) is 9.67 Å². The van der Waals surface area contributed by atoms with Crippen LogP contribution in [0.5, 0.6) is 0 Å². The van der Waals surface area contributed by atoms with Crippen molar-refractivity contribution in [2.45, 2.75) is 26.7 Å². The zero-order valence-electron chi connectivity index (χ0n) is 14.5. The van der Waals surface area contributed by atoms with Gasteiger partial charge >= 0.3 is 0 Å². The molecule has 3 rings (SSSR count). The summed E-state index contributed by atoms with van der Waals surface area (Å²) in [5.74, 6) is 0.292. The lowest BCUT2D eigenvalue weighted by Crippen LogP contribution is -2.27. The predicted octanol–water partition coefficient (Wildman–Crippen LogP) is 1.32. The summed E-state index contributed by atoms with van der Waals surface area (Å²) in [4.78, 5) is 9.08. The van der Waals surface area contributed by atoms with Gasteiger partial charge in [0.05, 0.1) is 29.5 Å². The van der Waals surface area contributed by atoms with Crippen LogP contribution >= 0.6 is 0 Å². The summed E-state index contributed by atoms with van der Waals surface area (Å²) in [7, 11) is -1.18. The zero-order chi connectivity index (χ0) is 17.5. The van der Waals surface area contributed by atoms with Gasteiger partial charge < -0.3 is 0 Å². The fourth-order valence-corrected chi connectivity index (χ4v) is 4.25. The summed E-state index contributed by atoms with van der Waals surface area (Å²) in [5, 5.41) is 4.43. The van der Waals surface area contributed by atoms with Crippen molar-refractivity contribution in [3.8, 4) is 11.3 Å². The minimum absolute atomic E-state index is 0.292. The first-order chi connectivity index (χ1) is 11.3. The van der Waals surface area contributed by atoms with E-state index in [4.69, 9.17) is 4.98 Å². The maximum Gasteiger partial charge on any atom is 0.211 e. The molecule has 2 aromatic heterocycles. The second kappa shape index (κ2) is 6.25. The molecule has 8 heteroatoms. The van der Waals surface area contributed by atoms with Gasteiger partial charge in [-0.25, -0.2) is 17.7 Å². The van der Waals surface area contributed by atoms with Crippen LogP contribution in [-0.2, 0) is 23.5 Å². The number of sulfonamides is 1. The molecule has 0 bridgehead atoms. The highest BCUT2D eigenvalue weighted by molar-refractivity contribution is 7.88. The van der Waals surface area contributed by atoms with E-state index in [0.717, 1.165) is 41.2 Å². The van der Waals surface area contributed by atoms with Gasteiger partial charge in [0.15, 0.2) is 0 Å². The smallest absolute Gasteiger partial charge is 0.211 e. The van der Waals surface area contributed by atoms with Crippen molar-refractivity contribution in [1.29, 1.82) is 0 Å². The maximum absolute atomic E-state index is 11.6. The summed E-state index contributed by atoms with van der Waals surface area (Å²) in [5.41, 5.74) is 4.74. The SMILES string of the molecule is Cc1nn(C)c(C)c1-c1cncc(C[C@@H]2CCN(S(C)(=O)=O)C2)n1. The fraction of sp³-hybridized carbons (Fsp3) is 0.562. The van der Waals surface area contributed by atoms with Crippen LogP contribution in [0, 0.1) is 19.8 Å². The van der Waals surface area contributed by atoms with Crippen LogP contribution in [0.4, 0.5) is 0 Å². The third-order valence-corrected chi connectivity index (χ3v) is 5.93. The molecule has 0 radical (unpaired) electrons. The van der Waals surface area contributed by atoms with Crippen LogP contribution in [0.25, 0.3) is 11.3 Å². The number of hydrogen-bond donors (Lipinski definition) is 0. The van der Waals surface area contributed by atoms with Crippen LogP contribution in [0.2, 0.25) is 0 Å². The molecule has 24 heavy (non-hydrogen) atoms. The molecular formula is C16H23N5O2S. The molecule has 0 saturated carbocycles. The van der Waals surface area contributed by atoms with Gasteiger partial charge in [-0.1, -0.05) is 0 Å². The molecule has 1 aliphatic heterocycles. The zero-order valence-corrected chi connectivity index (χ0v) is 15.3. The molecule has 2 aromatic rings. The molecule has 1 saturated heterocycles. The average molecular weight is 349 g/mol. The van der Waals surface area contributed by atoms with Gasteiger partial charge in [-0.2, -0.15) is 5.10 Å². The van der Waals surface area contributed by atoms with Crippen LogP contribution in [0.3, 0.4) is 0 Å². The quantitative estimate of drug-likeness (QED) is 0.831. The molecular weight excluding hydrogens is 326 g/mol. The van der Waals surface area contributed by atoms with Crippen molar-refractivity contribution < 1.29 is 8.42 Å². The van der Waals surface area contributed by atoms with E-state index >= 15 is 0 Å². The first-order valence-corrected chi connectivity index (χ1v) is 9.87. The molecule has 0 aromatic carbocycles. The van der Waals surface area contributed by atoms with E-state index in [0.29, 0.717) is 19.0 Å². The topological polar surface area (TPSA) is 81.0 Å². The molecule has 7 nitrogen and oxygen atoms in total. The first kappa shape index (κ1) is 17.0. The minimum atomic E-state index is -3.10. The van der Waals surface area contributed by atoms with Crippen molar-refractivity contribution in [2.75, 3.05) is 19.3 Å². The molecule has 1 fully saturated rings. The molecule has 1 atom stereocenters. The molecule has 1 aliphatic rings. The van der Waals surface area contributed by atoms with Gasteiger partial charge in [-0.15, -0.1) is 0 Å². The van der Waals surface area contributed by atoms with E-state index in [-0.39, 0.29) is 0 Å². The molecule has 0 N–H and O–H groups in total.